The summed E-state index contributed by atoms with van der Waals surface area (Å²) in [6.07, 6.45) is 5.73. The number of amides is 4. The lowest BCUT2D eigenvalue weighted by atomic mass is 9.89. The van der Waals surface area contributed by atoms with Gasteiger partial charge in [0.25, 0.3) is 0 Å². The first kappa shape index (κ1) is 54.0. The number of nitrogens with zero attached hydrogens (tertiary/aromatic N) is 2. The van der Waals surface area contributed by atoms with Gasteiger partial charge in [-0.05, 0) is 56.9 Å². The van der Waals surface area contributed by atoms with Crippen LogP contribution < -0.4 is 16.4 Å². The third kappa shape index (κ3) is 19.4. The molecule has 7 atom stereocenters. The zero-order valence-corrected chi connectivity index (χ0v) is 38.5. The first-order chi connectivity index (χ1) is 30.5. The molecule has 0 bridgehead atoms. The molecule has 64 heavy (non-hydrogen) atoms. The van der Waals surface area contributed by atoms with Crippen LogP contribution in [-0.4, -0.2) is 131 Å². The summed E-state index contributed by atoms with van der Waals surface area (Å²) in [4.78, 5) is 99.4. The molecule has 7 N–H and O–H groups in total. The highest BCUT2D eigenvalue weighted by molar-refractivity contribution is 7.47. The molecule has 1 aromatic heterocycles. The van der Waals surface area contributed by atoms with Crippen molar-refractivity contribution in [3.63, 3.8) is 0 Å². The minimum absolute atomic E-state index is 0.0299. The van der Waals surface area contributed by atoms with Crippen molar-refractivity contribution in [2.45, 2.75) is 122 Å². The Balaban J connectivity index is 1.61. The summed E-state index contributed by atoms with van der Waals surface area (Å²) in [5.74, 6) is -6.43. The number of methoxy groups -OCH3 is 1. The molecule has 1 aliphatic rings. The van der Waals surface area contributed by atoms with Gasteiger partial charge in [0.15, 0.2) is 11.6 Å². The lowest BCUT2D eigenvalue weighted by molar-refractivity contribution is -0.140. The number of carbonyl (C=O) groups excluding carboxylic acids is 6. The van der Waals surface area contributed by atoms with Crippen LogP contribution in [0.4, 0.5) is 0 Å². The van der Waals surface area contributed by atoms with Gasteiger partial charge in [-0.25, -0.2) is 9.55 Å². The maximum absolute atomic E-state index is 14.0. The fourth-order valence-corrected chi connectivity index (χ4v) is 8.49. The number of Topliss-reactive ketones (excluding diaryl/α,β-unsaturated/α-hetero) is 2. The molecular formula is C44H69N6O13P. The molecule has 20 heteroatoms. The molecule has 0 spiro atoms. The van der Waals surface area contributed by atoms with E-state index in [1.54, 1.807) is 7.11 Å². The second-order valence-corrected chi connectivity index (χ2v) is 18.0. The number of ketones is 2. The number of imidazole rings is 1. The van der Waals surface area contributed by atoms with E-state index >= 15 is 0 Å². The number of hydrogen-bond acceptors (Lipinski definition) is 13. The Labute approximate surface area is 375 Å². The molecule has 4 amide bonds. The van der Waals surface area contributed by atoms with E-state index in [4.69, 9.17) is 24.3 Å². The second kappa shape index (κ2) is 28.5. The topological polar surface area (TPSA) is 279 Å². The van der Waals surface area contributed by atoms with Gasteiger partial charge in [-0.3, -0.25) is 37.8 Å². The van der Waals surface area contributed by atoms with Crippen molar-refractivity contribution in [3.8, 4) is 0 Å². The number of primary amides is 1. The van der Waals surface area contributed by atoms with Gasteiger partial charge in [0.05, 0.1) is 69.8 Å². The van der Waals surface area contributed by atoms with Gasteiger partial charge in [0.2, 0.25) is 23.6 Å². The van der Waals surface area contributed by atoms with E-state index in [1.807, 2.05) is 32.0 Å². The first-order valence-corrected chi connectivity index (χ1v) is 23.6. The molecule has 19 nitrogen and oxygen atoms in total. The average molecular weight is 921 g/mol. The van der Waals surface area contributed by atoms with Crippen LogP contribution >= 0.6 is 7.82 Å². The number of likely N-dealkylation sites (tertiary alicyclic amines) is 1. The maximum Gasteiger partial charge on any atom is 0.472 e. The Hall–Kier alpha value is -4.36. The molecule has 2 heterocycles. The zero-order valence-electron chi connectivity index (χ0n) is 37.6. The summed E-state index contributed by atoms with van der Waals surface area (Å²) in [5.41, 5.74) is 7.32. The summed E-state index contributed by atoms with van der Waals surface area (Å²) >= 11 is 0. The molecule has 358 valence electrons. The monoisotopic (exact) mass is 920 g/mol. The molecule has 3 rings (SSSR count). The van der Waals surface area contributed by atoms with E-state index in [9.17, 15) is 43.3 Å². The van der Waals surface area contributed by atoms with Gasteiger partial charge in [0.1, 0.15) is 12.1 Å². The number of aliphatic hydroxyl groups is 1. The number of carbonyl (C=O) groups is 6. The molecule has 2 aromatic rings. The molecule has 1 saturated heterocycles. The lowest BCUT2D eigenvalue weighted by Gasteiger charge is -2.28. The van der Waals surface area contributed by atoms with Gasteiger partial charge in [-0.15, -0.1) is 0 Å². The Morgan fingerprint density at radius 1 is 0.953 bits per heavy atom. The third-order valence-corrected chi connectivity index (χ3v) is 12.1. The molecule has 1 aliphatic heterocycles. The quantitative estimate of drug-likeness (QED) is 0.0444. The van der Waals surface area contributed by atoms with E-state index in [-0.39, 0.29) is 50.7 Å². The van der Waals surface area contributed by atoms with E-state index < -0.39 is 86.2 Å². The van der Waals surface area contributed by atoms with Gasteiger partial charge in [-0.1, -0.05) is 57.0 Å². The average Bonchev–Trinajstić information content (AvgIpc) is 3.97. The van der Waals surface area contributed by atoms with Crippen LogP contribution in [0, 0.1) is 17.8 Å². The Bertz CT molecular complexity index is 1800. The number of hydrogen-bond donors (Lipinski definition) is 6. The number of phosphoric acid groups is 1. The van der Waals surface area contributed by atoms with Gasteiger partial charge in [-0.2, -0.15) is 0 Å². The number of aromatic amines is 1. The van der Waals surface area contributed by atoms with Crippen molar-refractivity contribution in [2.75, 3.05) is 46.7 Å². The Kier molecular flexibility index (Phi) is 24.1. The van der Waals surface area contributed by atoms with Crippen LogP contribution in [0.25, 0.3) is 0 Å². The van der Waals surface area contributed by atoms with E-state index in [2.05, 4.69) is 32.7 Å². The van der Waals surface area contributed by atoms with Crippen molar-refractivity contribution in [1.82, 2.24) is 25.5 Å². The highest BCUT2D eigenvalue weighted by Crippen LogP contribution is 2.46. The maximum atomic E-state index is 14.0. The number of unbranched alkanes of at least 4 members (excludes halogenated alkanes) is 3. The van der Waals surface area contributed by atoms with E-state index in [1.165, 1.54) is 29.9 Å². The summed E-state index contributed by atoms with van der Waals surface area (Å²) in [7, 11) is -3.13. The lowest BCUT2D eigenvalue weighted by Crippen LogP contribution is -2.52. The number of benzene rings is 1. The number of H-pyrrole nitrogens is 1. The zero-order chi connectivity index (χ0) is 47.1. The summed E-state index contributed by atoms with van der Waals surface area (Å²) in [6.45, 7) is 5.34. The number of aliphatic hydroxyl groups excluding tert-OH is 1. The molecule has 1 fully saturated rings. The summed E-state index contributed by atoms with van der Waals surface area (Å²) in [5, 5.41) is 15.6. The normalized spacial score (nSPS) is 17.2. The predicted octanol–water partition coefficient (Wildman–Crippen LogP) is 2.97. The van der Waals surface area contributed by atoms with E-state index in [0.29, 0.717) is 44.7 Å². The predicted molar refractivity (Wildman–Crippen MR) is 235 cm³/mol. The number of rotatable bonds is 33. The number of nitrogens with one attached hydrogen (secondary N) is 3. The highest BCUT2D eigenvalue weighted by Gasteiger charge is 2.38. The van der Waals surface area contributed by atoms with Gasteiger partial charge >= 0.3 is 7.82 Å². The second-order valence-electron chi connectivity index (χ2n) is 16.6. The minimum Gasteiger partial charge on any atom is -0.394 e. The fraction of sp³-hybridized carbons (Fsp3) is 0.659. The fourth-order valence-electron chi connectivity index (χ4n) is 7.50. The van der Waals surface area contributed by atoms with Crippen LogP contribution in [0.2, 0.25) is 0 Å². The SMILES string of the molecule is COCCOCCC(=O)N1CCC[C@H]1C(=O)N[C@@H](CC(C)C)C(=O)C[C@@H](Cc1cnc[nH]1)C(=O)N[C@@H](CO)C(=O)C[C@H](C(N)=O)[C@@H](C)OP(=O)(O)OCCCCCCc1ccccc1. The van der Waals surface area contributed by atoms with Gasteiger partial charge < -0.3 is 45.7 Å². The van der Waals surface area contributed by atoms with Crippen LogP contribution in [0.5, 0.6) is 0 Å². The minimum atomic E-state index is -4.68. The molecule has 0 radical (unpaired) electrons. The van der Waals surface area contributed by atoms with Gasteiger partial charge in [0, 0.05) is 44.8 Å². The summed E-state index contributed by atoms with van der Waals surface area (Å²) < 4.78 is 33.5. The number of nitrogens with two attached hydrogens (primary N) is 1. The van der Waals surface area contributed by atoms with Crippen molar-refractivity contribution < 1.29 is 61.9 Å². The Morgan fingerprint density at radius 2 is 1.67 bits per heavy atom. The van der Waals surface area contributed by atoms with Crippen molar-refractivity contribution >= 4 is 43.0 Å². The largest absolute Gasteiger partial charge is 0.472 e. The number of phosphoric ester groups is 1. The first-order valence-electron chi connectivity index (χ1n) is 22.1. The van der Waals surface area contributed by atoms with E-state index in [0.717, 1.165) is 25.7 Å². The molecule has 0 aliphatic carbocycles. The summed E-state index contributed by atoms with van der Waals surface area (Å²) in [6, 6.07) is 6.68. The van der Waals surface area contributed by atoms with Crippen LogP contribution in [-0.2, 0) is 64.7 Å². The molecule has 1 aromatic carbocycles. The third-order valence-electron chi connectivity index (χ3n) is 11.0. The van der Waals surface area contributed by atoms with Crippen molar-refractivity contribution in [1.29, 1.82) is 0 Å². The van der Waals surface area contributed by atoms with Crippen LogP contribution in [0.3, 0.4) is 0 Å². The molecular weight excluding hydrogens is 851 g/mol. The Morgan fingerprint density at radius 3 is 2.33 bits per heavy atom. The molecule has 1 unspecified atom stereocenters. The molecule has 0 saturated carbocycles. The van der Waals surface area contributed by atoms with Crippen LogP contribution in [0.1, 0.15) is 96.2 Å². The van der Waals surface area contributed by atoms with Crippen molar-refractivity contribution in [3.05, 3.63) is 54.1 Å². The number of ether oxygens (including phenoxy) is 2. The number of aryl methyl sites for hydroxylation is 1. The van der Waals surface area contributed by atoms with Crippen LogP contribution in [0.15, 0.2) is 42.9 Å². The van der Waals surface area contributed by atoms with Crippen molar-refractivity contribution in [2.24, 2.45) is 23.5 Å². The standard InChI is InChI=1S/C44H69N6O13P/c1-30(2)23-36(48-44(57)38-16-12-18-50(38)41(54)17-20-61-22-21-60-4)39(52)25-33(24-34-27-46-29-47-34)43(56)49-37(28-51)40(53)26-35(42(45)55)31(3)63-64(58,59)62-19-11-6-5-8-13-32-14-9-7-10-15-32/h7,9-10,14-15,27,29-31,33,35-38,51H,5-6,8,11-13,16-26,28H2,1-4H3,(H2,45,55)(H,46,47)(H,48,57)(H,49,56)(H,58,59)/t31-,33-,35+,36+,37+,38+/m1/s1. The number of aromatic nitrogens is 2. The highest BCUT2D eigenvalue weighted by atomic mass is 31.2. The smallest absolute Gasteiger partial charge is 0.394 e.